The molecule has 0 spiro atoms. The summed E-state index contributed by atoms with van der Waals surface area (Å²) < 4.78 is 0. The molecule has 0 amide bonds. The van der Waals surface area contributed by atoms with Crippen LogP contribution >= 0.6 is 0 Å². The standard InChI is InChI=1S/C10H20O/c1-8-4-5-9(6-7-11)10(8,2)3/h8-9,11H,4-7H2,1-3H3/t8-,9+/m1/s1. The van der Waals surface area contributed by atoms with Crippen molar-refractivity contribution >= 4 is 0 Å². The lowest BCUT2D eigenvalue weighted by Gasteiger charge is -2.30. The molecule has 1 nitrogen and oxygen atoms in total. The molecule has 11 heavy (non-hydrogen) atoms. The first-order valence-corrected chi connectivity index (χ1v) is 4.70. The van der Waals surface area contributed by atoms with Crippen LogP contribution in [0.3, 0.4) is 0 Å². The molecule has 0 aliphatic heterocycles. The van der Waals surface area contributed by atoms with Gasteiger partial charge in [0.25, 0.3) is 0 Å². The van der Waals surface area contributed by atoms with Crippen molar-refractivity contribution in [1.29, 1.82) is 0 Å². The van der Waals surface area contributed by atoms with Crippen LogP contribution in [0.1, 0.15) is 40.0 Å². The Kier molecular flexibility index (Phi) is 2.58. The fraction of sp³-hybridized carbons (Fsp3) is 1.00. The Hall–Kier alpha value is -0.0400. The zero-order valence-corrected chi connectivity index (χ0v) is 7.93. The van der Waals surface area contributed by atoms with Crippen LogP contribution in [0.15, 0.2) is 0 Å². The fourth-order valence-corrected chi connectivity index (χ4v) is 2.27. The maximum absolute atomic E-state index is 8.85. The largest absolute Gasteiger partial charge is 0.396 e. The first kappa shape index (κ1) is 9.05. The van der Waals surface area contributed by atoms with Crippen molar-refractivity contribution in [3.8, 4) is 0 Å². The quantitative estimate of drug-likeness (QED) is 0.651. The zero-order valence-electron chi connectivity index (χ0n) is 7.93. The summed E-state index contributed by atoms with van der Waals surface area (Å²) in [5.41, 5.74) is 0.461. The Balaban J connectivity index is 2.55. The highest BCUT2D eigenvalue weighted by Gasteiger charge is 2.39. The Labute approximate surface area is 69.8 Å². The molecule has 0 radical (unpaired) electrons. The molecule has 0 bridgehead atoms. The molecule has 1 rings (SSSR count). The normalized spacial score (nSPS) is 36.0. The smallest absolute Gasteiger partial charge is 0.0433 e. The van der Waals surface area contributed by atoms with E-state index < -0.39 is 0 Å². The summed E-state index contributed by atoms with van der Waals surface area (Å²) in [6, 6.07) is 0. The maximum atomic E-state index is 8.85. The molecular weight excluding hydrogens is 136 g/mol. The van der Waals surface area contributed by atoms with E-state index in [0.29, 0.717) is 12.0 Å². The van der Waals surface area contributed by atoms with Gasteiger partial charge in [-0.2, -0.15) is 0 Å². The van der Waals surface area contributed by atoms with Gasteiger partial charge < -0.3 is 5.11 Å². The molecule has 1 aliphatic rings. The van der Waals surface area contributed by atoms with Gasteiger partial charge in [0.05, 0.1) is 0 Å². The summed E-state index contributed by atoms with van der Waals surface area (Å²) in [5, 5.41) is 8.85. The Morgan fingerprint density at radius 3 is 2.36 bits per heavy atom. The predicted molar refractivity (Wildman–Crippen MR) is 47.4 cm³/mol. The highest BCUT2D eigenvalue weighted by molar-refractivity contribution is 4.89. The van der Waals surface area contributed by atoms with Gasteiger partial charge in [-0.1, -0.05) is 20.8 Å². The SMILES string of the molecule is C[C@@H]1CC[C@@H](CCO)C1(C)C. The summed E-state index contributed by atoms with van der Waals surface area (Å²) in [7, 11) is 0. The topological polar surface area (TPSA) is 20.2 Å². The molecule has 0 unspecified atom stereocenters. The van der Waals surface area contributed by atoms with E-state index in [1.807, 2.05) is 0 Å². The van der Waals surface area contributed by atoms with E-state index in [1.165, 1.54) is 12.8 Å². The van der Waals surface area contributed by atoms with E-state index in [9.17, 15) is 0 Å². The highest BCUT2D eigenvalue weighted by Crippen LogP contribution is 2.48. The number of hydrogen-bond acceptors (Lipinski definition) is 1. The minimum atomic E-state index is 0.362. The summed E-state index contributed by atoms with van der Waals surface area (Å²) in [4.78, 5) is 0. The summed E-state index contributed by atoms with van der Waals surface area (Å²) in [6.07, 6.45) is 3.66. The van der Waals surface area contributed by atoms with Gasteiger partial charge in [-0.15, -0.1) is 0 Å². The average Bonchev–Trinajstić information content (AvgIpc) is 2.16. The molecule has 2 atom stereocenters. The van der Waals surface area contributed by atoms with E-state index in [2.05, 4.69) is 20.8 Å². The van der Waals surface area contributed by atoms with Gasteiger partial charge >= 0.3 is 0 Å². The Morgan fingerprint density at radius 2 is 2.00 bits per heavy atom. The van der Waals surface area contributed by atoms with Crippen LogP contribution in [0.4, 0.5) is 0 Å². The summed E-state index contributed by atoms with van der Waals surface area (Å²) in [5.74, 6) is 1.58. The monoisotopic (exact) mass is 156 g/mol. The predicted octanol–water partition coefficient (Wildman–Crippen LogP) is 2.44. The molecule has 0 aromatic heterocycles. The van der Waals surface area contributed by atoms with Crippen LogP contribution < -0.4 is 0 Å². The third-order valence-electron chi connectivity index (χ3n) is 3.75. The second kappa shape index (κ2) is 3.14. The minimum absolute atomic E-state index is 0.362. The van der Waals surface area contributed by atoms with Crippen molar-refractivity contribution < 1.29 is 5.11 Å². The third-order valence-corrected chi connectivity index (χ3v) is 3.75. The number of rotatable bonds is 2. The van der Waals surface area contributed by atoms with Gasteiger partial charge in [-0.25, -0.2) is 0 Å². The number of aliphatic hydroxyl groups is 1. The Bertz CT molecular complexity index is 127. The van der Waals surface area contributed by atoms with Crippen LogP contribution in [0.2, 0.25) is 0 Å². The lowest BCUT2D eigenvalue weighted by Crippen LogP contribution is -2.23. The van der Waals surface area contributed by atoms with Crippen molar-refractivity contribution in [1.82, 2.24) is 0 Å². The molecule has 0 saturated heterocycles. The molecule has 0 aromatic carbocycles. The lowest BCUT2D eigenvalue weighted by molar-refractivity contribution is 0.156. The molecule has 1 aliphatic carbocycles. The third kappa shape index (κ3) is 1.58. The van der Waals surface area contributed by atoms with Crippen molar-refractivity contribution in [3.05, 3.63) is 0 Å². The van der Waals surface area contributed by atoms with Crippen LogP contribution in [0.5, 0.6) is 0 Å². The molecule has 0 heterocycles. The van der Waals surface area contributed by atoms with Crippen LogP contribution in [0, 0.1) is 17.3 Å². The first-order valence-electron chi connectivity index (χ1n) is 4.70. The van der Waals surface area contributed by atoms with E-state index in [4.69, 9.17) is 5.11 Å². The minimum Gasteiger partial charge on any atom is -0.396 e. The van der Waals surface area contributed by atoms with Gasteiger partial charge in [0.2, 0.25) is 0 Å². The molecule has 0 aromatic rings. The maximum Gasteiger partial charge on any atom is 0.0433 e. The van der Waals surface area contributed by atoms with E-state index in [1.54, 1.807) is 0 Å². The first-order chi connectivity index (χ1) is 5.09. The Morgan fingerprint density at radius 1 is 1.36 bits per heavy atom. The summed E-state index contributed by atoms with van der Waals surface area (Å²) in [6.45, 7) is 7.37. The van der Waals surface area contributed by atoms with Crippen LogP contribution in [-0.4, -0.2) is 11.7 Å². The molecule has 1 saturated carbocycles. The van der Waals surface area contributed by atoms with Crippen LogP contribution in [-0.2, 0) is 0 Å². The van der Waals surface area contributed by atoms with Gasteiger partial charge in [0, 0.05) is 6.61 Å². The molecular formula is C10H20O. The summed E-state index contributed by atoms with van der Waals surface area (Å²) >= 11 is 0. The van der Waals surface area contributed by atoms with Gasteiger partial charge in [0.15, 0.2) is 0 Å². The lowest BCUT2D eigenvalue weighted by atomic mass is 9.75. The highest BCUT2D eigenvalue weighted by atomic mass is 16.3. The second-order valence-corrected chi connectivity index (χ2v) is 4.51. The number of aliphatic hydroxyl groups excluding tert-OH is 1. The molecule has 1 heteroatoms. The average molecular weight is 156 g/mol. The van der Waals surface area contributed by atoms with Gasteiger partial charge in [0.1, 0.15) is 0 Å². The van der Waals surface area contributed by atoms with Crippen molar-refractivity contribution in [3.63, 3.8) is 0 Å². The molecule has 66 valence electrons. The van der Waals surface area contributed by atoms with Gasteiger partial charge in [-0.3, -0.25) is 0 Å². The van der Waals surface area contributed by atoms with E-state index in [0.717, 1.165) is 18.3 Å². The van der Waals surface area contributed by atoms with Crippen LogP contribution in [0.25, 0.3) is 0 Å². The van der Waals surface area contributed by atoms with Crippen molar-refractivity contribution in [2.75, 3.05) is 6.61 Å². The fourth-order valence-electron chi connectivity index (χ4n) is 2.27. The van der Waals surface area contributed by atoms with Crippen molar-refractivity contribution in [2.24, 2.45) is 17.3 Å². The molecule has 1 fully saturated rings. The van der Waals surface area contributed by atoms with E-state index in [-0.39, 0.29) is 0 Å². The van der Waals surface area contributed by atoms with E-state index >= 15 is 0 Å². The van der Waals surface area contributed by atoms with Crippen molar-refractivity contribution in [2.45, 2.75) is 40.0 Å². The zero-order chi connectivity index (χ0) is 8.48. The molecule has 1 N–H and O–H groups in total. The second-order valence-electron chi connectivity index (χ2n) is 4.51. The number of hydrogen-bond donors (Lipinski definition) is 1. The van der Waals surface area contributed by atoms with Gasteiger partial charge in [-0.05, 0) is 36.5 Å².